The Hall–Kier alpha value is -2.04. The first-order valence-electron chi connectivity index (χ1n) is 6.87. The van der Waals surface area contributed by atoms with Crippen LogP contribution >= 0.6 is 11.3 Å². The zero-order valence-corrected chi connectivity index (χ0v) is 12.8. The second-order valence-electron chi connectivity index (χ2n) is 5.04. The van der Waals surface area contributed by atoms with Gasteiger partial charge in [0.05, 0.1) is 6.54 Å². The van der Waals surface area contributed by atoms with Gasteiger partial charge in [0.25, 0.3) is 0 Å². The highest BCUT2D eigenvalue weighted by Gasteiger charge is 2.05. The van der Waals surface area contributed by atoms with Gasteiger partial charge in [-0.2, -0.15) is 0 Å². The lowest BCUT2D eigenvalue weighted by atomic mass is 10.0. The molecule has 0 spiro atoms. The number of benzene rings is 1. The molecule has 0 fully saturated rings. The molecule has 2 heterocycles. The van der Waals surface area contributed by atoms with Crippen molar-refractivity contribution in [1.29, 1.82) is 0 Å². The van der Waals surface area contributed by atoms with E-state index in [0.717, 1.165) is 23.7 Å². The van der Waals surface area contributed by atoms with Gasteiger partial charge in [0, 0.05) is 30.5 Å². The number of rotatable bonds is 5. The first-order valence-corrected chi connectivity index (χ1v) is 7.75. The highest BCUT2D eigenvalue weighted by atomic mass is 32.1. The van der Waals surface area contributed by atoms with E-state index in [2.05, 4.69) is 52.2 Å². The lowest BCUT2D eigenvalue weighted by Crippen LogP contribution is -2.17. The van der Waals surface area contributed by atoms with Gasteiger partial charge in [-0.05, 0) is 35.9 Å². The summed E-state index contributed by atoms with van der Waals surface area (Å²) in [6.07, 6.45) is 5.56. The van der Waals surface area contributed by atoms with E-state index < -0.39 is 0 Å². The van der Waals surface area contributed by atoms with Crippen LogP contribution in [0.4, 0.5) is 0 Å². The Morgan fingerprint density at radius 3 is 2.71 bits per heavy atom. The van der Waals surface area contributed by atoms with E-state index in [-0.39, 0.29) is 0 Å². The number of thiazole rings is 1. The van der Waals surface area contributed by atoms with E-state index in [9.17, 15) is 0 Å². The molecule has 3 nitrogen and oxygen atoms in total. The molecule has 0 saturated carbocycles. The highest BCUT2D eigenvalue weighted by molar-refractivity contribution is 7.09. The Bertz CT molecular complexity index is 680. The van der Waals surface area contributed by atoms with E-state index >= 15 is 0 Å². The van der Waals surface area contributed by atoms with Crippen molar-refractivity contribution in [3.8, 4) is 11.1 Å². The Kier molecular flexibility index (Phi) is 4.38. The molecular weight excluding hydrogens is 278 g/mol. The van der Waals surface area contributed by atoms with Crippen molar-refractivity contribution in [3.63, 3.8) is 0 Å². The fraction of sp³-hybridized carbons (Fsp3) is 0.176. The number of hydrogen-bond acceptors (Lipinski definition) is 4. The molecular formula is C17H17N3S. The maximum atomic E-state index is 4.33. The topological polar surface area (TPSA) is 29.0 Å². The number of pyridine rings is 1. The quantitative estimate of drug-likeness (QED) is 0.716. The van der Waals surface area contributed by atoms with Gasteiger partial charge in [0.15, 0.2) is 0 Å². The number of nitrogens with zero attached hydrogens (tertiary/aromatic N) is 3. The molecule has 0 aliphatic rings. The van der Waals surface area contributed by atoms with Crippen LogP contribution in [0.5, 0.6) is 0 Å². The van der Waals surface area contributed by atoms with Crippen LogP contribution in [0.25, 0.3) is 11.1 Å². The molecule has 0 saturated heterocycles. The summed E-state index contributed by atoms with van der Waals surface area (Å²) in [5.41, 5.74) is 3.67. The Morgan fingerprint density at radius 2 is 1.95 bits per heavy atom. The fourth-order valence-electron chi connectivity index (χ4n) is 2.31. The van der Waals surface area contributed by atoms with Crippen molar-refractivity contribution in [2.75, 3.05) is 7.05 Å². The normalized spacial score (nSPS) is 11.0. The summed E-state index contributed by atoms with van der Waals surface area (Å²) in [7, 11) is 2.12. The molecule has 21 heavy (non-hydrogen) atoms. The zero-order valence-electron chi connectivity index (χ0n) is 11.9. The second kappa shape index (κ2) is 6.61. The van der Waals surface area contributed by atoms with E-state index in [1.807, 2.05) is 23.8 Å². The molecule has 3 rings (SSSR count). The van der Waals surface area contributed by atoms with Crippen molar-refractivity contribution in [2.24, 2.45) is 0 Å². The largest absolute Gasteiger partial charge is 0.295 e. The minimum absolute atomic E-state index is 0.884. The van der Waals surface area contributed by atoms with Crippen LogP contribution < -0.4 is 0 Å². The summed E-state index contributed by atoms with van der Waals surface area (Å²) in [4.78, 5) is 10.8. The summed E-state index contributed by atoms with van der Waals surface area (Å²) < 4.78 is 0. The molecule has 0 unspecified atom stereocenters. The maximum absolute atomic E-state index is 4.33. The SMILES string of the molecule is CN(Cc1cccc(-c2cccnc2)c1)Cc1nccs1. The van der Waals surface area contributed by atoms with Crippen molar-refractivity contribution in [1.82, 2.24) is 14.9 Å². The standard InChI is InChI=1S/C17H17N3S/c1-20(13-17-19-8-9-21-17)12-14-4-2-5-15(10-14)16-6-3-7-18-11-16/h2-11H,12-13H2,1H3. The van der Waals surface area contributed by atoms with Crippen molar-refractivity contribution >= 4 is 11.3 Å². The molecule has 4 heteroatoms. The molecule has 0 aliphatic carbocycles. The lowest BCUT2D eigenvalue weighted by Gasteiger charge is -2.15. The van der Waals surface area contributed by atoms with Gasteiger partial charge in [0.1, 0.15) is 5.01 Å². The summed E-state index contributed by atoms with van der Waals surface area (Å²) in [6.45, 7) is 1.79. The predicted octanol–water partition coefficient (Wildman–Crippen LogP) is 3.84. The van der Waals surface area contributed by atoms with E-state index in [4.69, 9.17) is 0 Å². The van der Waals surface area contributed by atoms with Gasteiger partial charge in [-0.3, -0.25) is 9.88 Å². The smallest absolute Gasteiger partial charge is 0.107 e. The van der Waals surface area contributed by atoms with Crippen LogP contribution in [0.15, 0.2) is 60.4 Å². The second-order valence-corrected chi connectivity index (χ2v) is 6.02. The highest BCUT2D eigenvalue weighted by Crippen LogP contribution is 2.20. The molecule has 0 amide bonds. The van der Waals surface area contributed by atoms with Crippen molar-refractivity contribution in [2.45, 2.75) is 13.1 Å². The monoisotopic (exact) mass is 295 g/mol. The first kappa shape index (κ1) is 13.9. The van der Waals surface area contributed by atoms with Crippen LogP contribution in [0.3, 0.4) is 0 Å². The molecule has 0 aliphatic heterocycles. The Morgan fingerprint density at radius 1 is 1.05 bits per heavy atom. The first-order chi connectivity index (χ1) is 10.3. The molecule has 3 aromatic rings. The van der Waals surface area contributed by atoms with Gasteiger partial charge < -0.3 is 0 Å². The molecule has 0 atom stereocenters. The minimum atomic E-state index is 0.884. The van der Waals surface area contributed by atoms with Gasteiger partial charge >= 0.3 is 0 Å². The van der Waals surface area contributed by atoms with Gasteiger partial charge in [-0.1, -0.05) is 24.3 Å². The van der Waals surface area contributed by atoms with E-state index in [0.29, 0.717) is 0 Å². The van der Waals surface area contributed by atoms with Crippen molar-refractivity contribution in [3.05, 3.63) is 70.9 Å². The number of hydrogen-bond donors (Lipinski definition) is 0. The van der Waals surface area contributed by atoms with Crippen LogP contribution in [0.1, 0.15) is 10.6 Å². The minimum Gasteiger partial charge on any atom is -0.295 e. The number of aromatic nitrogens is 2. The average Bonchev–Trinajstić information content (AvgIpc) is 3.01. The summed E-state index contributed by atoms with van der Waals surface area (Å²) in [5, 5.41) is 3.17. The summed E-state index contributed by atoms with van der Waals surface area (Å²) in [6, 6.07) is 12.7. The zero-order chi connectivity index (χ0) is 14.5. The maximum Gasteiger partial charge on any atom is 0.107 e. The molecule has 0 radical (unpaired) electrons. The molecule has 0 N–H and O–H groups in total. The van der Waals surface area contributed by atoms with Crippen molar-refractivity contribution < 1.29 is 0 Å². The Balaban J connectivity index is 1.71. The van der Waals surface area contributed by atoms with Crippen LogP contribution in [-0.2, 0) is 13.1 Å². The third-order valence-corrected chi connectivity index (χ3v) is 4.03. The summed E-state index contributed by atoms with van der Waals surface area (Å²) >= 11 is 1.70. The van der Waals surface area contributed by atoms with Gasteiger partial charge in [-0.15, -0.1) is 11.3 Å². The van der Waals surface area contributed by atoms with Crippen LogP contribution in [-0.4, -0.2) is 21.9 Å². The molecule has 0 bridgehead atoms. The predicted molar refractivity (Wildman–Crippen MR) is 87.0 cm³/mol. The van der Waals surface area contributed by atoms with Crippen LogP contribution in [0, 0.1) is 0 Å². The van der Waals surface area contributed by atoms with Crippen LogP contribution in [0.2, 0.25) is 0 Å². The van der Waals surface area contributed by atoms with E-state index in [1.54, 1.807) is 17.5 Å². The fourth-order valence-corrected chi connectivity index (χ4v) is 3.01. The van der Waals surface area contributed by atoms with Gasteiger partial charge in [0.2, 0.25) is 0 Å². The molecule has 106 valence electrons. The Labute approximate surface area is 128 Å². The molecule has 1 aromatic carbocycles. The van der Waals surface area contributed by atoms with Gasteiger partial charge in [-0.25, -0.2) is 4.98 Å². The average molecular weight is 295 g/mol. The summed E-state index contributed by atoms with van der Waals surface area (Å²) in [5.74, 6) is 0. The lowest BCUT2D eigenvalue weighted by molar-refractivity contribution is 0.318. The third kappa shape index (κ3) is 3.74. The molecule has 2 aromatic heterocycles. The third-order valence-electron chi connectivity index (χ3n) is 3.26. The van der Waals surface area contributed by atoms with E-state index in [1.165, 1.54) is 11.1 Å².